The quantitative estimate of drug-likeness (QED) is 0.842. The molecule has 1 atom stereocenters. The van der Waals surface area contributed by atoms with Crippen LogP contribution in [0, 0.1) is 18.3 Å². The third-order valence-electron chi connectivity index (χ3n) is 3.21. The number of aryl methyl sites for hydroxylation is 1. The van der Waals surface area contributed by atoms with Crippen LogP contribution in [0.1, 0.15) is 24.6 Å². The second-order valence-corrected chi connectivity index (χ2v) is 4.75. The van der Waals surface area contributed by atoms with E-state index in [1.807, 2.05) is 37.3 Å². The molecule has 0 aliphatic rings. The smallest absolute Gasteiger partial charge is 0.266 e. The van der Waals surface area contributed by atoms with E-state index in [9.17, 15) is 4.79 Å². The number of nitrogens with two attached hydrogens (primary N) is 1. The van der Waals surface area contributed by atoms with Gasteiger partial charge in [-0.3, -0.25) is 10.5 Å². The summed E-state index contributed by atoms with van der Waals surface area (Å²) in [5.74, 6) is 0.690. The van der Waals surface area contributed by atoms with Crippen LogP contribution in [0.25, 0.3) is 11.1 Å². The van der Waals surface area contributed by atoms with Crippen LogP contribution >= 0.6 is 0 Å². The van der Waals surface area contributed by atoms with Crippen molar-refractivity contribution in [2.24, 2.45) is 5.73 Å². The van der Waals surface area contributed by atoms with E-state index in [4.69, 9.17) is 15.7 Å². The van der Waals surface area contributed by atoms with Gasteiger partial charge in [0.1, 0.15) is 23.6 Å². The lowest BCUT2D eigenvalue weighted by Crippen LogP contribution is -2.25. The number of nitriles is 1. The number of benzene rings is 1. The maximum Gasteiger partial charge on any atom is 0.266 e. The van der Waals surface area contributed by atoms with Gasteiger partial charge in [-0.25, -0.2) is 0 Å². The summed E-state index contributed by atoms with van der Waals surface area (Å²) in [6.07, 6.45) is 0.405. The van der Waals surface area contributed by atoms with E-state index in [1.165, 1.54) is 0 Å². The minimum Gasteiger partial charge on any atom is -0.476 e. The first kappa shape index (κ1) is 14.8. The Morgan fingerprint density at radius 1 is 1.38 bits per heavy atom. The number of rotatable bonds is 4. The molecule has 21 heavy (non-hydrogen) atoms. The van der Waals surface area contributed by atoms with Gasteiger partial charge < -0.3 is 9.72 Å². The molecule has 108 valence electrons. The topological polar surface area (TPSA) is 91.9 Å². The molecule has 2 rings (SSSR count). The normalized spacial score (nSPS) is 11.7. The molecule has 0 amide bonds. The number of hydrogen-bond acceptors (Lipinski definition) is 4. The number of ether oxygens (including phenoxy) is 1. The molecule has 1 aromatic carbocycles. The standard InChI is InChI=1S/C16H17N3O2/c1-3-15(18)21-13-6-4-11(5-7-13)14-8-12(9-17)16(20)19-10(14)2/h4-8,15H,3,18H2,1-2H3,(H,19,20). The summed E-state index contributed by atoms with van der Waals surface area (Å²) in [4.78, 5) is 14.2. The molecule has 0 aliphatic heterocycles. The molecule has 0 aliphatic carbocycles. The highest BCUT2D eigenvalue weighted by Gasteiger charge is 2.08. The highest BCUT2D eigenvalue weighted by Crippen LogP contribution is 2.24. The number of nitrogens with one attached hydrogen (secondary N) is 1. The van der Waals surface area contributed by atoms with Crippen molar-refractivity contribution in [3.05, 3.63) is 51.9 Å². The van der Waals surface area contributed by atoms with Crippen LogP contribution in [-0.4, -0.2) is 11.2 Å². The van der Waals surface area contributed by atoms with Crippen molar-refractivity contribution in [3.8, 4) is 22.9 Å². The van der Waals surface area contributed by atoms with Gasteiger partial charge in [-0.1, -0.05) is 19.1 Å². The summed E-state index contributed by atoms with van der Waals surface area (Å²) < 4.78 is 5.52. The van der Waals surface area contributed by atoms with E-state index in [-0.39, 0.29) is 17.4 Å². The molecule has 0 fully saturated rings. The monoisotopic (exact) mass is 283 g/mol. The Bertz CT molecular complexity index is 727. The molecule has 0 saturated carbocycles. The summed E-state index contributed by atoms with van der Waals surface area (Å²) >= 11 is 0. The molecule has 3 N–H and O–H groups in total. The minimum absolute atomic E-state index is 0.101. The summed E-state index contributed by atoms with van der Waals surface area (Å²) in [5, 5.41) is 8.95. The lowest BCUT2D eigenvalue weighted by atomic mass is 10.0. The SMILES string of the molecule is CCC(N)Oc1ccc(-c2cc(C#N)c(=O)[nH]c2C)cc1. The number of aromatic nitrogens is 1. The predicted molar refractivity (Wildman–Crippen MR) is 80.8 cm³/mol. The van der Waals surface area contributed by atoms with Crippen LogP contribution in [0.4, 0.5) is 0 Å². The molecule has 1 aromatic heterocycles. The third-order valence-corrected chi connectivity index (χ3v) is 3.21. The van der Waals surface area contributed by atoms with Crippen LogP contribution < -0.4 is 16.0 Å². The third kappa shape index (κ3) is 3.30. The van der Waals surface area contributed by atoms with Crippen molar-refractivity contribution >= 4 is 0 Å². The molecule has 2 aromatic rings. The minimum atomic E-state index is -0.368. The summed E-state index contributed by atoms with van der Waals surface area (Å²) in [7, 11) is 0. The Morgan fingerprint density at radius 2 is 2.05 bits per heavy atom. The molecule has 0 bridgehead atoms. The van der Waals surface area contributed by atoms with Crippen molar-refractivity contribution in [1.82, 2.24) is 4.98 Å². The highest BCUT2D eigenvalue weighted by molar-refractivity contribution is 5.67. The van der Waals surface area contributed by atoms with E-state index < -0.39 is 0 Å². The largest absolute Gasteiger partial charge is 0.476 e. The van der Waals surface area contributed by atoms with Crippen molar-refractivity contribution in [3.63, 3.8) is 0 Å². The van der Waals surface area contributed by atoms with Gasteiger partial charge in [0, 0.05) is 11.3 Å². The molecule has 5 heteroatoms. The van der Waals surface area contributed by atoms with E-state index >= 15 is 0 Å². The molecular weight excluding hydrogens is 266 g/mol. The van der Waals surface area contributed by atoms with Gasteiger partial charge in [0.25, 0.3) is 5.56 Å². The Labute approximate surface area is 123 Å². The number of nitrogens with zero attached hydrogens (tertiary/aromatic N) is 1. The fourth-order valence-corrected chi connectivity index (χ4v) is 1.98. The number of hydrogen-bond donors (Lipinski definition) is 2. The van der Waals surface area contributed by atoms with Crippen molar-refractivity contribution in [1.29, 1.82) is 5.26 Å². The first-order valence-corrected chi connectivity index (χ1v) is 6.71. The average Bonchev–Trinajstić information content (AvgIpc) is 2.48. The van der Waals surface area contributed by atoms with Gasteiger partial charge in [0.15, 0.2) is 0 Å². The summed E-state index contributed by atoms with van der Waals surface area (Å²) in [6, 6.07) is 10.9. The fourth-order valence-electron chi connectivity index (χ4n) is 1.98. The lowest BCUT2D eigenvalue weighted by molar-refractivity contribution is 0.205. The maximum atomic E-state index is 11.6. The van der Waals surface area contributed by atoms with Crippen LogP contribution in [0.5, 0.6) is 5.75 Å². The van der Waals surface area contributed by atoms with Crippen molar-refractivity contribution < 1.29 is 4.74 Å². The molecule has 1 unspecified atom stereocenters. The number of pyridine rings is 1. The van der Waals surface area contributed by atoms with Crippen LogP contribution in [-0.2, 0) is 0 Å². The average molecular weight is 283 g/mol. The zero-order valence-electron chi connectivity index (χ0n) is 12.0. The van der Waals surface area contributed by atoms with Gasteiger partial charge in [-0.15, -0.1) is 0 Å². The first-order chi connectivity index (χ1) is 10.0. The Kier molecular flexibility index (Phi) is 4.41. The van der Waals surface area contributed by atoms with Crippen LogP contribution in [0.3, 0.4) is 0 Å². The first-order valence-electron chi connectivity index (χ1n) is 6.71. The van der Waals surface area contributed by atoms with Crippen LogP contribution in [0.2, 0.25) is 0 Å². The molecule has 0 spiro atoms. The Morgan fingerprint density at radius 3 is 2.62 bits per heavy atom. The second-order valence-electron chi connectivity index (χ2n) is 4.75. The van der Waals surface area contributed by atoms with Gasteiger partial charge >= 0.3 is 0 Å². The molecule has 1 heterocycles. The highest BCUT2D eigenvalue weighted by atomic mass is 16.5. The van der Waals surface area contributed by atoms with Gasteiger partial charge in [-0.2, -0.15) is 5.26 Å². The van der Waals surface area contributed by atoms with E-state index in [0.717, 1.165) is 23.2 Å². The molecule has 0 saturated heterocycles. The molecular formula is C16H17N3O2. The van der Waals surface area contributed by atoms with E-state index in [0.29, 0.717) is 5.75 Å². The van der Waals surface area contributed by atoms with Crippen LogP contribution in [0.15, 0.2) is 35.1 Å². The zero-order chi connectivity index (χ0) is 15.4. The van der Waals surface area contributed by atoms with Gasteiger partial charge in [-0.05, 0) is 37.1 Å². The van der Waals surface area contributed by atoms with E-state index in [2.05, 4.69) is 4.98 Å². The summed E-state index contributed by atoms with van der Waals surface area (Å²) in [5.41, 5.74) is 7.91. The van der Waals surface area contributed by atoms with Gasteiger partial charge in [0.05, 0.1) is 0 Å². The summed E-state index contributed by atoms with van der Waals surface area (Å²) in [6.45, 7) is 3.75. The number of aromatic amines is 1. The predicted octanol–water partition coefficient (Wildman–Crippen LogP) is 2.30. The molecule has 5 nitrogen and oxygen atoms in total. The maximum absolute atomic E-state index is 11.6. The van der Waals surface area contributed by atoms with Crippen molar-refractivity contribution in [2.45, 2.75) is 26.5 Å². The fraction of sp³-hybridized carbons (Fsp3) is 0.250. The number of H-pyrrole nitrogens is 1. The van der Waals surface area contributed by atoms with E-state index in [1.54, 1.807) is 13.0 Å². The van der Waals surface area contributed by atoms with Gasteiger partial charge in [0.2, 0.25) is 0 Å². The Hall–Kier alpha value is -2.58. The second kappa shape index (κ2) is 6.25. The lowest BCUT2D eigenvalue weighted by Gasteiger charge is -2.13. The van der Waals surface area contributed by atoms with Crippen molar-refractivity contribution in [2.75, 3.05) is 0 Å². The molecule has 0 radical (unpaired) electrons. The Balaban J connectivity index is 2.35. The zero-order valence-corrected chi connectivity index (χ0v) is 12.0.